The Morgan fingerprint density at radius 3 is 2.75 bits per heavy atom. The van der Waals surface area contributed by atoms with Crippen molar-refractivity contribution >= 4 is 5.78 Å². The van der Waals surface area contributed by atoms with Crippen molar-refractivity contribution in [2.45, 2.75) is 46.5 Å². The number of ketones is 1. The Morgan fingerprint density at radius 1 is 1.44 bits per heavy atom. The average molecular weight is 222 g/mol. The van der Waals surface area contributed by atoms with Gasteiger partial charge in [-0.25, -0.2) is 0 Å². The summed E-state index contributed by atoms with van der Waals surface area (Å²) in [7, 11) is 0. The van der Waals surface area contributed by atoms with Crippen LogP contribution in [0.5, 0.6) is 0 Å². The summed E-state index contributed by atoms with van der Waals surface area (Å²) < 4.78 is 5.72. The number of hydrogen-bond acceptors (Lipinski definition) is 2. The smallest absolute Gasteiger partial charge is 0.184 e. The van der Waals surface area contributed by atoms with Crippen LogP contribution < -0.4 is 0 Å². The van der Waals surface area contributed by atoms with E-state index in [-0.39, 0.29) is 11.2 Å². The second-order valence-corrected chi connectivity index (χ2v) is 5.09. The van der Waals surface area contributed by atoms with Gasteiger partial charge in [0.25, 0.3) is 0 Å². The normalized spacial score (nSPS) is 19.6. The minimum atomic E-state index is -0.0861. The molecule has 0 saturated carbocycles. The van der Waals surface area contributed by atoms with Crippen molar-refractivity contribution < 1.29 is 9.53 Å². The van der Waals surface area contributed by atoms with Gasteiger partial charge in [0.1, 0.15) is 5.76 Å². The van der Waals surface area contributed by atoms with Gasteiger partial charge in [-0.05, 0) is 18.4 Å². The molecule has 0 spiro atoms. The van der Waals surface area contributed by atoms with Gasteiger partial charge >= 0.3 is 0 Å². The maximum Gasteiger partial charge on any atom is 0.184 e. The van der Waals surface area contributed by atoms with Crippen molar-refractivity contribution in [2.24, 2.45) is 5.41 Å². The van der Waals surface area contributed by atoms with Crippen molar-refractivity contribution in [3.8, 4) is 0 Å². The van der Waals surface area contributed by atoms with E-state index in [0.29, 0.717) is 18.6 Å². The van der Waals surface area contributed by atoms with Crippen molar-refractivity contribution in [3.63, 3.8) is 0 Å². The zero-order chi connectivity index (χ0) is 12.2. The lowest BCUT2D eigenvalue weighted by Gasteiger charge is -2.31. The minimum Gasteiger partial charge on any atom is -0.497 e. The van der Waals surface area contributed by atoms with Gasteiger partial charge in [0, 0.05) is 11.5 Å². The zero-order valence-electron chi connectivity index (χ0n) is 10.6. The highest BCUT2D eigenvalue weighted by molar-refractivity contribution is 6.04. The van der Waals surface area contributed by atoms with E-state index in [2.05, 4.69) is 27.4 Å². The molecule has 0 saturated heterocycles. The van der Waals surface area contributed by atoms with Crippen LogP contribution in [0, 0.1) is 5.41 Å². The number of allylic oxidation sites excluding steroid dienone is 3. The maximum absolute atomic E-state index is 11.5. The number of ether oxygens (including phenoxy) is 1. The van der Waals surface area contributed by atoms with E-state index < -0.39 is 0 Å². The van der Waals surface area contributed by atoms with Crippen LogP contribution in [0.3, 0.4) is 0 Å². The molecule has 0 atom stereocenters. The van der Waals surface area contributed by atoms with Crippen LogP contribution in [-0.2, 0) is 9.53 Å². The highest BCUT2D eigenvalue weighted by atomic mass is 16.5. The van der Waals surface area contributed by atoms with Crippen LogP contribution in [0.15, 0.2) is 24.0 Å². The highest BCUT2D eigenvalue weighted by Crippen LogP contribution is 2.37. The van der Waals surface area contributed by atoms with E-state index in [4.69, 9.17) is 4.74 Å². The Labute approximate surface area is 98.4 Å². The average Bonchev–Trinajstić information content (AvgIpc) is 2.19. The predicted molar refractivity (Wildman–Crippen MR) is 66.1 cm³/mol. The molecule has 90 valence electrons. The van der Waals surface area contributed by atoms with E-state index in [1.807, 2.05) is 0 Å². The van der Waals surface area contributed by atoms with Crippen molar-refractivity contribution in [3.05, 3.63) is 24.0 Å². The lowest BCUT2D eigenvalue weighted by atomic mass is 9.78. The summed E-state index contributed by atoms with van der Waals surface area (Å²) in [5.41, 5.74) is 0.600. The lowest BCUT2D eigenvalue weighted by molar-refractivity contribution is -0.112. The SMILES string of the molecule is C=C1CC(C)(C)C(OCCCCC)=CC1=O. The second-order valence-electron chi connectivity index (χ2n) is 5.09. The van der Waals surface area contributed by atoms with Gasteiger partial charge in [0.05, 0.1) is 6.61 Å². The van der Waals surface area contributed by atoms with Crippen LogP contribution >= 0.6 is 0 Å². The summed E-state index contributed by atoms with van der Waals surface area (Å²) in [6.07, 6.45) is 5.72. The van der Waals surface area contributed by atoms with E-state index in [1.165, 1.54) is 12.8 Å². The van der Waals surface area contributed by atoms with Crippen molar-refractivity contribution in [2.75, 3.05) is 6.61 Å². The first-order valence-electron chi connectivity index (χ1n) is 6.04. The Bertz CT molecular complexity index is 311. The Kier molecular flexibility index (Phi) is 4.34. The Morgan fingerprint density at radius 2 is 2.12 bits per heavy atom. The monoisotopic (exact) mass is 222 g/mol. The van der Waals surface area contributed by atoms with Gasteiger partial charge in [0.2, 0.25) is 0 Å². The molecule has 0 radical (unpaired) electrons. The van der Waals surface area contributed by atoms with Gasteiger partial charge in [-0.3, -0.25) is 4.79 Å². The van der Waals surface area contributed by atoms with Crippen LogP contribution in [0.2, 0.25) is 0 Å². The fourth-order valence-corrected chi connectivity index (χ4v) is 1.90. The van der Waals surface area contributed by atoms with Crippen LogP contribution in [0.25, 0.3) is 0 Å². The molecule has 1 aliphatic carbocycles. The van der Waals surface area contributed by atoms with Gasteiger partial charge < -0.3 is 4.74 Å². The Balaban J connectivity index is 2.59. The molecule has 0 aromatic carbocycles. The molecule has 0 N–H and O–H groups in total. The molecular formula is C14H22O2. The van der Waals surface area contributed by atoms with Crippen LogP contribution in [0.1, 0.15) is 46.5 Å². The molecule has 0 aliphatic heterocycles. The summed E-state index contributed by atoms with van der Waals surface area (Å²) in [6, 6.07) is 0. The molecule has 0 amide bonds. The topological polar surface area (TPSA) is 26.3 Å². The van der Waals surface area contributed by atoms with Gasteiger partial charge in [-0.1, -0.05) is 40.2 Å². The quantitative estimate of drug-likeness (QED) is 0.524. The first-order chi connectivity index (χ1) is 7.47. The molecule has 0 heterocycles. The van der Waals surface area contributed by atoms with Crippen LogP contribution in [-0.4, -0.2) is 12.4 Å². The number of rotatable bonds is 5. The first-order valence-corrected chi connectivity index (χ1v) is 6.04. The third-order valence-electron chi connectivity index (χ3n) is 2.94. The van der Waals surface area contributed by atoms with E-state index >= 15 is 0 Å². The van der Waals surface area contributed by atoms with E-state index in [0.717, 1.165) is 12.2 Å². The predicted octanol–water partition coefficient (Wildman–Crippen LogP) is 3.63. The van der Waals surface area contributed by atoms with Crippen molar-refractivity contribution in [1.29, 1.82) is 0 Å². The summed E-state index contributed by atoms with van der Waals surface area (Å²) in [6.45, 7) is 10.8. The molecule has 0 bridgehead atoms. The molecule has 1 rings (SSSR count). The van der Waals surface area contributed by atoms with Gasteiger partial charge in [0.15, 0.2) is 5.78 Å². The van der Waals surface area contributed by atoms with Gasteiger partial charge in [-0.2, -0.15) is 0 Å². The number of carbonyl (C=O) groups is 1. The fourth-order valence-electron chi connectivity index (χ4n) is 1.90. The first kappa shape index (κ1) is 13.0. The summed E-state index contributed by atoms with van der Waals surface area (Å²) in [5, 5.41) is 0. The molecule has 2 heteroatoms. The molecule has 0 unspecified atom stereocenters. The van der Waals surface area contributed by atoms with Crippen molar-refractivity contribution in [1.82, 2.24) is 0 Å². The molecule has 0 fully saturated rings. The Hall–Kier alpha value is -1.05. The summed E-state index contributed by atoms with van der Waals surface area (Å²) >= 11 is 0. The summed E-state index contributed by atoms with van der Waals surface area (Å²) in [5.74, 6) is 0.839. The molecular weight excluding hydrogens is 200 g/mol. The third-order valence-corrected chi connectivity index (χ3v) is 2.94. The number of carbonyl (C=O) groups excluding carboxylic acids is 1. The molecule has 2 nitrogen and oxygen atoms in total. The van der Waals surface area contributed by atoms with E-state index in [1.54, 1.807) is 6.08 Å². The third kappa shape index (κ3) is 3.22. The minimum absolute atomic E-state index is 0.0183. The fraction of sp³-hybridized carbons (Fsp3) is 0.643. The molecule has 16 heavy (non-hydrogen) atoms. The standard InChI is InChI=1S/C14H22O2/c1-5-6-7-8-16-13-9-12(15)11(2)10-14(13,3)4/h9H,2,5-8,10H2,1,3-4H3. The van der Waals surface area contributed by atoms with Crippen LogP contribution in [0.4, 0.5) is 0 Å². The molecule has 0 aromatic rings. The number of hydrogen-bond donors (Lipinski definition) is 0. The molecule has 0 aromatic heterocycles. The maximum atomic E-state index is 11.5. The zero-order valence-corrected chi connectivity index (χ0v) is 10.6. The summed E-state index contributed by atoms with van der Waals surface area (Å²) in [4.78, 5) is 11.5. The highest BCUT2D eigenvalue weighted by Gasteiger charge is 2.32. The second kappa shape index (κ2) is 5.33. The largest absolute Gasteiger partial charge is 0.497 e. The molecule has 1 aliphatic rings. The van der Waals surface area contributed by atoms with Gasteiger partial charge in [-0.15, -0.1) is 0 Å². The number of unbranched alkanes of at least 4 members (excludes halogenated alkanes) is 2. The lowest BCUT2D eigenvalue weighted by Crippen LogP contribution is -2.25. The van der Waals surface area contributed by atoms with E-state index in [9.17, 15) is 4.79 Å².